The van der Waals surface area contributed by atoms with Gasteiger partial charge in [0.15, 0.2) is 11.4 Å². The second-order valence-corrected chi connectivity index (χ2v) is 9.74. The van der Waals surface area contributed by atoms with Crippen molar-refractivity contribution in [2.75, 3.05) is 25.5 Å². The molecule has 34 heavy (non-hydrogen) atoms. The summed E-state index contributed by atoms with van der Waals surface area (Å²) < 4.78 is 27.2. The van der Waals surface area contributed by atoms with Gasteiger partial charge in [-0.1, -0.05) is 0 Å². The number of methoxy groups -OCH3 is 1. The number of halogens is 1. The highest BCUT2D eigenvalue weighted by molar-refractivity contribution is 5.75. The van der Waals surface area contributed by atoms with E-state index in [-0.39, 0.29) is 13.1 Å². The van der Waals surface area contributed by atoms with Gasteiger partial charge in [0.05, 0.1) is 61.4 Å². The van der Waals surface area contributed by atoms with Crippen molar-refractivity contribution < 1.29 is 18.7 Å². The van der Waals surface area contributed by atoms with E-state index in [0.29, 0.717) is 23.1 Å². The van der Waals surface area contributed by atoms with E-state index in [1.54, 1.807) is 44.8 Å². The molecule has 11 heteroatoms. The molecule has 0 unspecified atom stereocenters. The molecule has 5 rings (SSSR count). The van der Waals surface area contributed by atoms with Gasteiger partial charge >= 0.3 is 6.09 Å². The molecule has 0 radical (unpaired) electrons. The molecule has 1 saturated carbocycles. The Labute approximate surface area is 196 Å². The van der Waals surface area contributed by atoms with E-state index in [9.17, 15) is 9.18 Å². The Kier molecular flexibility index (Phi) is 5.49. The number of hydrogen-bond donors (Lipinski definition) is 1. The number of ether oxygens (including phenoxy) is 2. The summed E-state index contributed by atoms with van der Waals surface area (Å²) in [6.45, 7) is 5.48. The number of aromatic nitrogens is 5. The summed E-state index contributed by atoms with van der Waals surface area (Å²) in [6, 6.07) is -0.621. The molecule has 1 aliphatic carbocycles. The van der Waals surface area contributed by atoms with Gasteiger partial charge in [0.2, 0.25) is 0 Å². The Morgan fingerprint density at radius 2 is 1.97 bits per heavy atom. The van der Waals surface area contributed by atoms with Crippen LogP contribution >= 0.6 is 0 Å². The minimum atomic E-state index is -1.26. The summed E-state index contributed by atoms with van der Waals surface area (Å²) >= 11 is 0. The number of carbonyl (C=O) groups is 1. The summed E-state index contributed by atoms with van der Waals surface area (Å²) in [7, 11) is 1.63. The second kappa shape index (κ2) is 8.37. The lowest BCUT2D eigenvalue weighted by Crippen LogP contribution is -2.36. The quantitative estimate of drug-likeness (QED) is 0.606. The Balaban J connectivity index is 1.36. The standard InChI is InChI=1S/C23H28FN7O3/c1-23(2,3)34-22(32)30-10-15(24)17(11-30)28-19-9-25-8-16(27-19)14-7-26-31-12-18(33-4)20(13-5-6-13)29-21(14)31/h7-9,12-13,15,17H,5-6,10-11H2,1-4H3,(H,27,28)/t15-,17-/m0/s1. The number of anilines is 1. The number of nitrogens with one attached hydrogen (secondary N) is 1. The van der Waals surface area contributed by atoms with Crippen molar-refractivity contribution >= 4 is 17.6 Å². The van der Waals surface area contributed by atoms with Gasteiger partial charge in [-0.15, -0.1) is 0 Å². The number of likely N-dealkylation sites (tertiary alicyclic amines) is 1. The highest BCUT2D eigenvalue weighted by Gasteiger charge is 2.37. The molecule has 1 aliphatic heterocycles. The average molecular weight is 470 g/mol. The van der Waals surface area contributed by atoms with Crippen LogP contribution in [0.25, 0.3) is 16.9 Å². The fourth-order valence-corrected chi connectivity index (χ4v) is 4.03. The third-order valence-electron chi connectivity index (χ3n) is 5.82. The largest absolute Gasteiger partial charge is 0.493 e. The van der Waals surface area contributed by atoms with Crippen molar-refractivity contribution in [3.05, 3.63) is 30.5 Å². The first-order valence-electron chi connectivity index (χ1n) is 11.3. The third-order valence-corrected chi connectivity index (χ3v) is 5.82. The van der Waals surface area contributed by atoms with Crippen molar-refractivity contribution in [1.82, 2.24) is 29.5 Å². The first-order valence-corrected chi connectivity index (χ1v) is 11.3. The van der Waals surface area contributed by atoms with Crippen LogP contribution in [0.4, 0.5) is 15.0 Å². The van der Waals surface area contributed by atoms with Crippen LogP contribution < -0.4 is 10.1 Å². The van der Waals surface area contributed by atoms with Crippen LogP contribution in [-0.2, 0) is 4.74 Å². The van der Waals surface area contributed by atoms with Crippen LogP contribution in [0.15, 0.2) is 24.8 Å². The molecule has 3 aromatic heterocycles. The first-order chi connectivity index (χ1) is 16.2. The Bertz CT molecular complexity index is 1220. The number of carbonyl (C=O) groups excluding carboxylic acids is 1. The smallest absolute Gasteiger partial charge is 0.410 e. The number of rotatable bonds is 5. The van der Waals surface area contributed by atoms with Crippen LogP contribution in [0.2, 0.25) is 0 Å². The molecule has 0 aromatic carbocycles. The molecule has 180 valence electrons. The van der Waals surface area contributed by atoms with Crippen LogP contribution in [0, 0.1) is 0 Å². The van der Waals surface area contributed by atoms with E-state index in [1.807, 2.05) is 6.20 Å². The van der Waals surface area contributed by atoms with E-state index in [1.165, 1.54) is 11.1 Å². The van der Waals surface area contributed by atoms with Gasteiger partial charge in [-0.25, -0.2) is 23.7 Å². The minimum Gasteiger partial charge on any atom is -0.493 e. The lowest BCUT2D eigenvalue weighted by Gasteiger charge is -2.24. The molecule has 0 bridgehead atoms. The van der Waals surface area contributed by atoms with E-state index < -0.39 is 23.9 Å². The highest BCUT2D eigenvalue weighted by Crippen LogP contribution is 2.43. The fraction of sp³-hybridized carbons (Fsp3) is 0.522. The van der Waals surface area contributed by atoms with Crippen LogP contribution in [0.5, 0.6) is 5.75 Å². The second-order valence-electron chi connectivity index (χ2n) is 9.74. The van der Waals surface area contributed by atoms with Gasteiger partial charge in [-0.3, -0.25) is 4.98 Å². The summed E-state index contributed by atoms with van der Waals surface area (Å²) in [6.07, 6.45) is 7.06. The zero-order chi connectivity index (χ0) is 24.0. The maximum Gasteiger partial charge on any atom is 0.410 e. The number of nitrogens with zero attached hydrogens (tertiary/aromatic N) is 6. The van der Waals surface area contributed by atoms with Crippen molar-refractivity contribution in [3.8, 4) is 17.0 Å². The number of fused-ring (bicyclic) bond motifs is 1. The molecule has 0 spiro atoms. The molecule has 3 aromatic rings. The molecule has 1 amide bonds. The van der Waals surface area contributed by atoms with Crippen molar-refractivity contribution in [1.29, 1.82) is 0 Å². The van der Waals surface area contributed by atoms with E-state index in [4.69, 9.17) is 14.5 Å². The van der Waals surface area contributed by atoms with Gasteiger partial charge in [-0.2, -0.15) is 5.10 Å². The van der Waals surface area contributed by atoms with E-state index >= 15 is 0 Å². The summed E-state index contributed by atoms with van der Waals surface area (Å²) in [5.41, 5.74) is 2.23. The first kappa shape index (κ1) is 22.3. The SMILES string of the molecule is COc1cn2ncc(-c3cncc(N[C@H]4CN(C(=O)OC(C)(C)C)C[C@@H]4F)n3)c2nc1C1CC1. The maximum atomic E-state index is 14.7. The Morgan fingerprint density at radius 3 is 2.68 bits per heavy atom. The number of amides is 1. The van der Waals surface area contributed by atoms with Crippen LogP contribution in [0.3, 0.4) is 0 Å². The van der Waals surface area contributed by atoms with Gasteiger partial charge in [0.25, 0.3) is 0 Å². The molecule has 10 nitrogen and oxygen atoms in total. The van der Waals surface area contributed by atoms with Gasteiger partial charge in [0, 0.05) is 12.5 Å². The minimum absolute atomic E-state index is 0.0383. The van der Waals surface area contributed by atoms with Crippen LogP contribution in [-0.4, -0.2) is 73.6 Å². The Morgan fingerprint density at radius 1 is 1.18 bits per heavy atom. The molecule has 4 heterocycles. The molecule has 2 fully saturated rings. The average Bonchev–Trinajstić information content (AvgIpc) is 3.45. The summed E-state index contributed by atoms with van der Waals surface area (Å²) in [5, 5.41) is 7.48. The van der Waals surface area contributed by atoms with E-state index in [0.717, 1.165) is 29.8 Å². The molecule has 1 N–H and O–H groups in total. The molecular weight excluding hydrogens is 441 g/mol. The normalized spacial score (nSPS) is 20.6. The lowest BCUT2D eigenvalue weighted by molar-refractivity contribution is 0.0283. The molecule has 1 saturated heterocycles. The van der Waals surface area contributed by atoms with E-state index in [2.05, 4.69) is 20.4 Å². The lowest BCUT2D eigenvalue weighted by atomic mass is 10.2. The molecule has 2 atom stereocenters. The topological polar surface area (TPSA) is 107 Å². The summed E-state index contributed by atoms with van der Waals surface area (Å²) in [4.78, 5) is 27.4. The fourth-order valence-electron chi connectivity index (χ4n) is 4.03. The predicted octanol–water partition coefficient (Wildman–Crippen LogP) is 3.44. The number of alkyl halides is 1. The summed E-state index contributed by atoms with van der Waals surface area (Å²) in [5.74, 6) is 1.53. The zero-order valence-corrected chi connectivity index (χ0v) is 19.7. The highest BCUT2D eigenvalue weighted by atomic mass is 19.1. The molecule has 2 aliphatic rings. The zero-order valence-electron chi connectivity index (χ0n) is 19.7. The third kappa shape index (κ3) is 4.46. The van der Waals surface area contributed by atoms with Crippen molar-refractivity contribution in [3.63, 3.8) is 0 Å². The Hall–Kier alpha value is -3.50. The molecular formula is C23H28FN7O3. The van der Waals surface area contributed by atoms with Gasteiger partial charge in [-0.05, 0) is 33.6 Å². The van der Waals surface area contributed by atoms with Gasteiger partial charge in [0.1, 0.15) is 17.6 Å². The van der Waals surface area contributed by atoms with Crippen LogP contribution in [0.1, 0.15) is 45.2 Å². The predicted molar refractivity (Wildman–Crippen MR) is 123 cm³/mol. The number of hydrogen-bond acceptors (Lipinski definition) is 8. The maximum absolute atomic E-state index is 14.7. The monoisotopic (exact) mass is 469 g/mol. The van der Waals surface area contributed by atoms with Crippen molar-refractivity contribution in [2.24, 2.45) is 0 Å². The van der Waals surface area contributed by atoms with Crippen molar-refractivity contribution in [2.45, 2.75) is 57.3 Å². The van der Waals surface area contributed by atoms with Gasteiger partial charge < -0.3 is 19.7 Å².